The number of aromatic nitrogens is 3. The zero-order valence-electron chi connectivity index (χ0n) is 14.3. The number of alkyl halides is 2. The van der Waals surface area contributed by atoms with E-state index in [1.54, 1.807) is 6.20 Å². The van der Waals surface area contributed by atoms with Gasteiger partial charge in [0.15, 0.2) is 0 Å². The number of halogens is 2. The molecule has 0 radical (unpaired) electrons. The van der Waals surface area contributed by atoms with Gasteiger partial charge in [-0.15, -0.1) is 0 Å². The number of aliphatic hydroxyl groups is 1. The molecular weight excluding hydrogens is 360 g/mol. The van der Waals surface area contributed by atoms with Crippen LogP contribution in [-0.2, 0) is 17.7 Å². The summed E-state index contributed by atoms with van der Waals surface area (Å²) in [6.45, 7) is 1.27. The van der Waals surface area contributed by atoms with E-state index in [1.165, 1.54) is 6.07 Å². The van der Waals surface area contributed by atoms with Gasteiger partial charge in [0.2, 0.25) is 6.23 Å². The smallest absolute Gasteiger partial charge is 0.351 e. The summed E-state index contributed by atoms with van der Waals surface area (Å²) in [5.74, 6) is -3.71. The van der Waals surface area contributed by atoms with Crippen LogP contribution in [0.2, 0.25) is 0 Å². The van der Waals surface area contributed by atoms with Crippen molar-refractivity contribution in [2.24, 2.45) is 0 Å². The number of fused-ring (bicyclic) bond motifs is 1. The molecule has 1 saturated heterocycles. The maximum Gasteiger partial charge on any atom is 0.351 e. The summed E-state index contributed by atoms with van der Waals surface area (Å²) in [6, 6.07) is 5.00. The summed E-state index contributed by atoms with van der Waals surface area (Å²) >= 11 is 0. The maximum absolute atomic E-state index is 14.6. The van der Waals surface area contributed by atoms with Gasteiger partial charge in [-0.05, 0) is 17.7 Å². The highest BCUT2D eigenvalue weighted by atomic mass is 19.3. The van der Waals surface area contributed by atoms with Crippen LogP contribution in [0.4, 0.5) is 14.6 Å². The van der Waals surface area contributed by atoms with Crippen molar-refractivity contribution in [2.45, 2.75) is 37.3 Å². The molecule has 1 fully saturated rings. The van der Waals surface area contributed by atoms with Gasteiger partial charge in [-0.3, -0.25) is 14.5 Å². The number of pyridine rings is 1. The molecule has 2 aromatic heterocycles. The molecule has 4 heterocycles. The second-order valence-electron chi connectivity index (χ2n) is 6.78. The predicted octanol–water partition coefficient (Wildman–Crippen LogP) is 0.172. The molecule has 27 heavy (non-hydrogen) atoms. The Kier molecular flexibility index (Phi) is 4.41. The van der Waals surface area contributed by atoms with E-state index in [4.69, 9.17) is 10.5 Å². The SMILES string of the molecule is Nc1ccn([C@@H]2O[C@H](CN3CCc4ncccc4C3)[C@@H](O)C2(F)F)c(=O)n1. The zero-order chi connectivity index (χ0) is 19.2. The molecule has 0 unspecified atom stereocenters. The highest BCUT2D eigenvalue weighted by Gasteiger charge is 2.59. The average Bonchev–Trinajstić information content (AvgIpc) is 2.85. The van der Waals surface area contributed by atoms with Gasteiger partial charge in [0.25, 0.3) is 0 Å². The topological polar surface area (TPSA) is 107 Å². The lowest BCUT2D eigenvalue weighted by Gasteiger charge is -2.30. The second-order valence-corrected chi connectivity index (χ2v) is 6.78. The van der Waals surface area contributed by atoms with Crippen LogP contribution in [-0.4, -0.2) is 55.8 Å². The van der Waals surface area contributed by atoms with Crippen LogP contribution in [0.5, 0.6) is 0 Å². The summed E-state index contributed by atoms with van der Waals surface area (Å²) in [5.41, 5.74) is 6.46. The van der Waals surface area contributed by atoms with E-state index in [9.17, 15) is 18.7 Å². The summed E-state index contributed by atoms with van der Waals surface area (Å²) in [7, 11) is 0. The molecule has 8 nitrogen and oxygen atoms in total. The standard InChI is InChI=1S/C17H19F2N5O3/c18-17(19)14(25)12(27-15(17)24-7-4-13(20)22-16(24)26)9-23-6-3-11-10(8-23)2-1-5-21-11/h1-2,4-5,7,12,14-15,25H,3,6,8-9H2,(H2,20,22,26)/t12-,14-,15-/m1/s1. The Morgan fingerprint density at radius 2 is 2.22 bits per heavy atom. The van der Waals surface area contributed by atoms with Crippen molar-refractivity contribution in [3.63, 3.8) is 0 Å². The molecular formula is C17H19F2N5O3. The molecule has 3 N–H and O–H groups in total. The van der Waals surface area contributed by atoms with E-state index in [0.29, 0.717) is 24.1 Å². The van der Waals surface area contributed by atoms with E-state index >= 15 is 0 Å². The van der Waals surface area contributed by atoms with Gasteiger partial charge in [0, 0.05) is 44.1 Å². The van der Waals surface area contributed by atoms with Crippen LogP contribution in [0.3, 0.4) is 0 Å². The largest absolute Gasteiger partial charge is 0.384 e. The molecule has 0 spiro atoms. The lowest BCUT2D eigenvalue weighted by Crippen LogP contribution is -2.44. The monoisotopic (exact) mass is 379 g/mol. The fourth-order valence-corrected chi connectivity index (χ4v) is 3.56. The van der Waals surface area contributed by atoms with Crippen molar-refractivity contribution in [2.75, 3.05) is 18.8 Å². The van der Waals surface area contributed by atoms with Crippen molar-refractivity contribution in [3.05, 3.63) is 52.3 Å². The van der Waals surface area contributed by atoms with Gasteiger partial charge in [-0.2, -0.15) is 13.8 Å². The van der Waals surface area contributed by atoms with E-state index in [-0.39, 0.29) is 12.4 Å². The number of rotatable bonds is 3. The lowest BCUT2D eigenvalue weighted by molar-refractivity contribution is -0.140. The molecule has 10 heteroatoms. The Hall–Kier alpha value is -2.43. The fourth-order valence-electron chi connectivity index (χ4n) is 3.56. The van der Waals surface area contributed by atoms with Crippen LogP contribution in [0, 0.1) is 0 Å². The van der Waals surface area contributed by atoms with Gasteiger partial charge >= 0.3 is 11.6 Å². The lowest BCUT2D eigenvalue weighted by atomic mass is 10.0. The molecule has 2 aromatic rings. The Balaban J connectivity index is 1.52. The van der Waals surface area contributed by atoms with E-state index < -0.39 is 30.0 Å². The van der Waals surface area contributed by atoms with Gasteiger partial charge in [-0.1, -0.05) is 6.07 Å². The number of nitrogens with zero attached hydrogens (tertiary/aromatic N) is 4. The third-order valence-corrected chi connectivity index (χ3v) is 4.97. The van der Waals surface area contributed by atoms with Gasteiger partial charge in [0.05, 0.1) is 0 Å². The minimum absolute atomic E-state index is 0.0738. The number of aliphatic hydroxyl groups excluding tert-OH is 1. The van der Waals surface area contributed by atoms with E-state index in [1.807, 2.05) is 17.0 Å². The third kappa shape index (κ3) is 3.20. The van der Waals surface area contributed by atoms with Crippen LogP contribution in [0.25, 0.3) is 0 Å². The van der Waals surface area contributed by atoms with Crippen molar-refractivity contribution in [1.29, 1.82) is 0 Å². The van der Waals surface area contributed by atoms with Crippen molar-refractivity contribution < 1.29 is 18.6 Å². The van der Waals surface area contributed by atoms with Crippen molar-refractivity contribution in [1.82, 2.24) is 19.4 Å². The molecule has 0 aromatic carbocycles. The quantitative estimate of drug-likeness (QED) is 0.783. The summed E-state index contributed by atoms with van der Waals surface area (Å²) in [6.07, 6.45) is -1.60. The molecule has 0 saturated carbocycles. The van der Waals surface area contributed by atoms with Crippen LogP contribution >= 0.6 is 0 Å². The highest BCUT2D eigenvalue weighted by Crippen LogP contribution is 2.42. The normalized spacial score (nSPS) is 27.4. The molecule has 4 rings (SSSR count). The first kappa shape index (κ1) is 18.0. The molecule has 0 aliphatic carbocycles. The first-order valence-corrected chi connectivity index (χ1v) is 8.57. The Morgan fingerprint density at radius 1 is 1.41 bits per heavy atom. The van der Waals surface area contributed by atoms with Crippen LogP contribution in [0.15, 0.2) is 35.4 Å². The minimum Gasteiger partial charge on any atom is -0.384 e. The van der Waals surface area contributed by atoms with Gasteiger partial charge in [0.1, 0.15) is 18.0 Å². The number of ether oxygens (including phenoxy) is 1. The highest BCUT2D eigenvalue weighted by molar-refractivity contribution is 5.24. The number of hydrogen-bond donors (Lipinski definition) is 2. The molecule has 2 aliphatic rings. The maximum atomic E-state index is 14.6. The third-order valence-electron chi connectivity index (χ3n) is 4.97. The first-order chi connectivity index (χ1) is 12.9. The van der Waals surface area contributed by atoms with Crippen molar-refractivity contribution in [3.8, 4) is 0 Å². The molecule has 144 valence electrons. The zero-order valence-corrected chi connectivity index (χ0v) is 14.3. The molecule has 0 bridgehead atoms. The van der Waals surface area contributed by atoms with Crippen molar-refractivity contribution >= 4 is 5.82 Å². The predicted molar refractivity (Wildman–Crippen MR) is 91.0 cm³/mol. The van der Waals surface area contributed by atoms with Crippen LogP contribution in [0.1, 0.15) is 17.5 Å². The number of nitrogens with two attached hydrogens (primary N) is 1. The summed E-state index contributed by atoms with van der Waals surface area (Å²) in [5, 5.41) is 10.1. The van der Waals surface area contributed by atoms with Crippen LogP contribution < -0.4 is 11.4 Å². The molecule has 0 amide bonds. The Morgan fingerprint density at radius 3 is 3.00 bits per heavy atom. The Labute approximate surface area is 153 Å². The summed E-state index contributed by atoms with van der Waals surface area (Å²) in [4.78, 5) is 21.6. The fraction of sp³-hybridized carbons (Fsp3) is 0.471. The number of nitrogen functional groups attached to an aromatic ring is 1. The van der Waals surface area contributed by atoms with E-state index in [2.05, 4.69) is 9.97 Å². The second kappa shape index (κ2) is 6.63. The molecule has 2 aliphatic heterocycles. The Bertz CT molecular complexity index is 906. The first-order valence-electron chi connectivity index (χ1n) is 8.57. The summed E-state index contributed by atoms with van der Waals surface area (Å²) < 4.78 is 35.3. The number of hydrogen-bond acceptors (Lipinski definition) is 7. The average molecular weight is 379 g/mol. The number of anilines is 1. The molecule has 3 atom stereocenters. The van der Waals surface area contributed by atoms with Gasteiger partial charge in [-0.25, -0.2) is 4.79 Å². The van der Waals surface area contributed by atoms with E-state index in [0.717, 1.165) is 17.5 Å². The minimum atomic E-state index is -3.64. The van der Waals surface area contributed by atoms with Gasteiger partial charge < -0.3 is 15.6 Å².